The summed E-state index contributed by atoms with van der Waals surface area (Å²) in [5.41, 5.74) is 31.0. The van der Waals surface area contributed by atoms with E-state index >= 15 is 0 Å². The Balaban J connectivity index is 1.06. The summed E-state index contributed by atoms with van der Waals surface area (Å²) in [5, 5.41) is 0. The van der Waals surface area contributed by atoms with E-state index in [4.69, 9.17) is 0 Å². The highest BCUT2D eigenvalue weighted by Gasteiger charge is 2.47. The highest BCUT2D eigenvalue weighted by atomic mass is 14.5. The average Bonchev–Trinajstić information content (AvgIpc) is 3.62. The van der Waals surface area contributed by atoms with Crippen LogP contribution in [0.25, 0.3) is 33.4 Å². The van der Waals surface area contributed by atoms with Crippen LogP contribution in [0.5, 0.6) is 0 Å². The second kappa shape index (κ2) is 10.4. The van der Waals surface area contributed by atoms with Gasteiger partial charge in [0, 0.05) is 11.8 Å². The van der Waals surface area contributed by atoms with Crippen molar-refractivity contribution in [3.63, 3.8) is 0 Å². The molecule has 0 saturated heterocycles. The van der Waals surface area contributed by atoms with Gasteiger partial charge >= 0.3 is 0 Å². The van der Waals surface area contributed by atoms with Crippen molar-refractivity contribution in [2.24, 2.45) is 11.8 Å². The average molecular weight is 645 g/mol. The minimum atomic E-state index is 0.461. The van der Waals surface area contributed by atoms with Crippen molar-refractivity contribution in [2.45, 2.75) is 78.1 Å². The molecule has 244 valence electrons. The summed E-state index contributed by atoms with van der Waals surface area (Å²) in [7, 11) is 0. The molecule has 0 aromatic heterocycles. The van der Waals surface area contributed by atoms with Crippen LogP contribution in [-0.4, -0.2) is 0 Å². The van der Waals surface area contributed by atoms with E-state index in [0.717, 1.165) is 25.7 Å². The third-order valence-corrected chi connectivity index (χ3v) is 13.5. The van der Waals surface area contributed by atoms with E-state index in [1.54, 1.807) is 66.9 Å². The number of hydrogen-bond acceptors (Lipinski definition) is 0. The molecule has 4 unspecified atom stereocenters. The van der Waals surface area contributed by atoms with Gasteiger partial charge in [-0.1, -0.05) is 110 Å². The van der Waals surface area contributed by atoms with Crippen LogP contribution < -0.4 is 0 Å². The summed E-state index contributed by atoms with van der Waals surface area (Å²) in [4.78, 5) is 0. The van der Waals surface area contributed by atoms with Gasteiger partial charge in [-0.15, -0.1) is 0 Å². The second-order valence-corrected chi connectivity index (χ2v) is 16.4. The van der Waals surface area contributed by atoms with Gasteiger partial charge in [0.25, 0.3) is 0 Å². The van der Waals surface area contributed by atoms with E-state index in [9.17, 15) is 0 Å². The summed E-state index contributed by atoms with van der Waals surface area (Å²) < 4.78 is 0. The Morgan fingerprint density at radius 2 is 0.900 bits per heavy atom. The molecule has 7 aliphatic rings. The largest absolute Gasteiger partial charge is 0.0757 e. The predicted molar refractivity (Wildman–Crippen MR) is 209 cm³/mol. The Morgan fingerprint density at radius 3 is 1.34 bits per heavy atom. The summed E-state index contributed by atoms with van der Waals surface area (Å²) in [6.45, 7) is 9.44. The molecule has 11 rings (SSSR count). The molecule has 4 atom stereocenters. The monoisotopic (exact) mass is 644 g/mol. The minimum Gasteiger partial charge on any atom is -0.0757 e. The maximum Gasteiger partial charge on any atom is 0.0145 e. The predicted octanol–water partition coefficient (Wildman–Crippen LogP) is 13.2. The zero-order chi connectivity index (χ0) is 33.4. The molecule has 0 saturated carbocycles. The molecule has 0 bridgehead atoms. The van der Waals surface area contributed by atoms with E-state index in [1.807, 2.05) is 0 Å². The Bertz CT molecular complexity index is 2250. The highest BCUT2D eigenvalue weighted by molar-refractivity contribution is 5.95. The van der Waals surface area contributed by atoms with Crippen LogP contribution in [0.3, 0.4) is 0 Å². The topological polar surface area (TPSA) is 0 Å². The molecule has 4 aromatic carbocycles. The minimum absolute atomic E-state index is 0.461. The number of hydrogen-bond donors (Lipinski definition) is 0. The molecule has 4 aromatic rings. The number of aryl methyl sites for hydroxylation is 2. The van der Waals surface area contributed by atoms with Gasteiger partial charge in [0.2, 0.25) is 0 Å². The molecule has 0 aliphatic heterocycles. The zero-order valence-corrected chi connectivity index (χ0v) is 29.8. The molecular formula is C50H44. The Labute approximate surface area is 297 Å². The zero-order valence-electron chi connectivity index (χ0n) is 29.8. The van der Waals surface area contributed by atoms with E-state index in [1.165, 1.54) is 57.3 Å². The summed E-state index contributed by atoms with van der Waals surface area (Å²) in [5.74, 6) is 2.09. The molecular weight excluding hydrogens is 601 g/mol. The first kappa shape index (κ1) is 29.1. The molecule has 0 N–H and O–H groups in total. The molecule has 0 radical (unpaired) electrons. The van der Waals surface area contributed by atoms with E-state index in [0.29, 0.717) is 23.7 Å². The summed E-state index contributed by atoms with van der Waals surface area (Å²) in [6, 6.07) is 32.9. The van der Waals surface area contributed by atoms with Crippen LogP contribution in [0.4, 0.5) is 0 Å². The van der Waals surface area contributed by atoms with Gasteiger partial charge in [-0.2, -0.15) is 0 Å². The lowest BCUT2D eigenvalue weighted by molar-refractivity contribution is 0.597. The van der Waals surface area contributed by atoms with Crippen LogP contribution in [0.2, 0.25) is 0 Å². The Morgan fingerprint density at radius 1 is 0.460 bits per heavy atom. The standard InChI is InChI=1S/C50H44/c1-27-7-5-9-31(21-27)33-13-17-35-37-15-11-29(3)47-39-19-20-40-44(43(39)25-45(49(37)47)41(35)23-33)26-46-42-24-34(32-10-6-8-28(2)22-32)14-18-36(42)38-16-12-30(4)48(40)50(38)46/h5-10,13-18,21-24,29-30,45-46H,11-12,19-20,25-26H2,1-4H3. The number of fused-ring (bicyclic) bond motifs is 9. The lowest BCUT2D eigenvalue weighted by Crippen LogP contribution is -2.26. The number of rotatable bonds is 2. The van der Waals surface area contributed by atoms with Crippen molar-refractivity contribution >= 4 is 11.1 Å². The molecule has 7 aliphatic carbocycles. The van der Waals surface area contributed by atoms with Gasteiger partial charge in [-0.3, -0.25) is 0 Å². The molecule has 0 amide bonds. The van der Waals surface area contributed by atoms with Gasteiger partial charge < -0.3 is 0 Å². The molecule has 0 heterocycles. The third kappa shape index (κ3) is 3.94. The molecule has 0 heteroatoms. The van der Waals surface area contributed by atoms with Crippen LogP contribution in [-0.2, 0) is 0 Å². The van der Waals surface area contributed by atoms with Crippen molar-refractivity contribution in [1.29, 1.82) is 0 Å². The number of allylic oxidation sites excluding steroid dienone is 12. The maximum absolute atomic E-state index is 2.59. The van der Waals surface area contributed by atoms with Crippen molar-refractivity contribution < 1.29 is 0 Å². The first-order valence-corrected chi connectivity index (χ1v) is 19.2. The lowest BCUT2D eigenvalue weighted by atomic mass is 9.61. The Kier molecular flexibility index (Phi) is 6.07. The molecule has 0 spiro atoms. The lowest BCUT2D eigenvalue weighted by Gasteiger charge is -2.43. The van der Waals surface area contributed by atoms with Crippen molar-refractivity contribution in [1.82, 2.24) is 0 Å². The van der Waals surface area contributed by atoms with Gasteiger partial charge in [-0.25, -0.2) is 0 Å². The Hall–Kier alpha value is -4.68. The quantitative estimate of drug-likeness (QED) is 0.204. The fourth-order valence-electron chi connectivity index (χ4n) is 11.4. The SMILES string of the molecule is Cc1cccc(-c2ccc3c(c2)C2CC4=C(CCC5=C4CC4C6=C5C(C)CC=C6c5ccc(-c6cccc(C)c6)cc54)C4=C2C3=CCC4C)c1. The fraction of sp³-hybridized carbons (Fsp3) is 0.280. The first-order valence-electron chi connectivity index (χ1n) is 19.2. The van der Waals surface area contributed by atoms with Gasteiger partial charge in [0.1, 0.15) is 0 Å². The van der Waals surface area contributed by atoms with Crippen LogP contribution in [0.15, 0.2) is 142 Å². The highest BCUT2D eigenvalue weighted by Crippen LogP contribution is 2.65. The van der Waals surface area contributed by atoms with Crippen molar-refractivity contribution in [3.8, 4) is 22.3 Å². The molecule has 50 heavy (non-hydrogen) atoms. The third-order valence-electron chi connectivity index (χ3n) is 13.5. The summed E-state index contributed by atoms with van der Waals surface area (Å²) in [6.07, 6.45) is 12.2. The van der Waals surface area contributed by atoms with Crippen LogP contribution in [0.1, 0.15) is 97.6 Å². The normalized spacial score (nSPS) is 25.4. The smallest absolute Gasteiger partial charge is 0.0145 e. The first-order chi connectivity index (χ1) is 24.4. The van der Waals surface area contributed by atoms with Gasteiger partial charge in [0.05, 0.1) is 0 Å². The maximum atomic E-state index is 2.59. The van der Waals surface area contributed by atoms with Crippen molar-refractivity contribution in [2.75, 3.05) is 0 Å². The van der Waals surface area contributed by atoms with E-state index in [-0.39, 0.29) is 0 Å². The van der Waals surface area contributed by atoms with E-state index in [2.05, 4.69) is 125 Å². The van der Waals surface area contributed by atoms with Crippen LogP contribution >= 0.6 is 0 Å². The van der Waals surface area contributed by atoms with Crippen LogP contribution in [0, 0.1) is 25.7 Å². The summed E-state index contributed by atoms with van der Waals surface area (Å²) >= 11 is 0. The van der Waals surface area contributed by atoms with Gasteiger partial charge in [0.15, 0.2) is 0 Å². The number of benzene rings is 4. The van der Waals surface area contributed by atoms with Crippen molar-refractivity contribution in [3.05, 3.63) is 175 Å². The fourth-order valence-corrected chi connectivity index (χ4v) is 11.4. The van der Waals surface area contributed by atoms with E-state index < -0.39 is 0 Å². The van der Waals surface area contributed by atoms with Gasteiger partial charge in [-0.05, 0) is 177 Å². The molecule has 0 nitrogen and oxygen atoms in total. The second-order valence-electron chi connectivity index (χ2n) is 16.4. The molecule has 0 fully saturated rings.